The highest BCUT2D eigenvalue weighted by Crippen LogP contribution is 2.30. The Kier molecular flexibility index (Phi) is 7.36. The zero-order chi connectivity index (χ0) is 25.7. The molecule has 2 N–H and O–H groups in total. The molecule has 4 rings (SSSR count). The van der Waals surface area contributed by atoms with Gasteiger partial charge in [-0.2, -0.15) is 0 Å². The SMILES string of the molecule is COc1cc(/C=C2/C(=O)NC(=S)N(c3ccccc3)C2=O)ccc1OCC(=O)Nc1ccccc1F. The maximum Gasteiger partial charge on any atom is 0.270 e. The van der Waals surface area contributed by atoms with Gasteiger partial charge in [-0.25, -0.2) is 4.39 Å². The van der Waals surface area contributed by atoms with E-state index < -0.39 is 30.1 Å². The third-order valence-corrected chi connectivity index (χ3v) is 5.41. The Labute approximate surface area is 211 Å². The van der Waals surface area contributed by atoms with E-state index in [9.17, 15) is 18.8 Å². The van der Waals surface area contributed by atoms with E-state index in [0.29, 0.717) is 11.3 Å². The Balaban J connectivity index is 1.51. The highest BCUT2D eigenvalue weighted by molar-refractivity contribution is 7.80. The largest absolute Gasteiger partial charge is 0.493 e. The fraction of sp³-hybridized carbons (Fsp3) is 0.0769. The molecule has 0 bridgehead atoms. The first-order valence-electron chi connectivity index (χ1n) is 10.7. The summed E-state index contributed by atoms with van der Waals surface area (Å²) in [6.07, 6.45) is 1.41. The van der Waals surface area contributed by atoms with Crippen LogP contribution in [0.1, 0.15) is 5.56 Å². The lowest BCUT2D eigenvalue weighted by atomic mass is 10.1. The topological polar surface area (TPSA) is 97.0 Å². The van der Waals surface area contributed by atoms with E-state index in [1.54, 1.807) is 48.5 Å². The van der Waals surface area contributed by atoms with E-state index in [0.717, 1.165) is 0 Å². The Bertz CT molecular complexity index is 1380. The van der Waals surface area contributed by atoms with Gasteiger partial charge in [0.05, 0.1) is 18.5 Å². The number of carbonyl (C=O) groups is 3. The lowest BCUT2D eigenvalue weighted by Crippen LogP contribution is -2.54. The van der Waals surface area contributed by atoms with Crippen LogP contribution in [0.4, 0.5) is 15.8 Å². The third kappa shape index (κ3) is 5.39. The van der Waals surface area contributed by atoms with Crippen LogP contribution < -0.4 is 25.0 Å². The second kappa shape index (κ2) is 10.8. The van der Waals surface area contributed by atoms with Crippen LogP contribution in [0.15, 0.2) is 78.4 Å². The number of anilines is 2. The number of amides is 3. The number of nitrogens with one attached hydrogen (secondary N) is 2. The number of thiocarbonyl (C=S) groups is 1. The van der Waals surface area contributed by atoms with Crippen molar-refractivity contribution in [3.05, 3.63) is 89.8 Å². The van der Waals surface area contributed by atoms with E-state index in [2.05, 4.69) is 10.6 Å². The summed E-state index contributed by atoms with van der Waals surface area (Å²) in [7, 11) is 1.41. The molecule has 8 nitrogen and oxygen atoms in total. The van der Waals surface area contributed by atoms with E-state index in [-0.39, 0.29) is 27.9 Å². The Morgan fingerprint density at radius 1 is 1.06 bits per heavy atom. The van der Waals surface area contributed by atoms with E-state index in [1.807, 2.05) is 0 Å². The summed E-state index contributed by atoms with van der Waals surface area (Å²) in [6, 6.07) is 19.2. The first-order chi connectivity index (χ1) is 17.4. The van der Waals surface area contributed by atoms with Crippen LogP contribution in [0.25, 0.3) is 6.08 Å². The summed E-state index contributed by atoms with van der Waals surface area (Å²) >= 11 is 5.19. The number of methoxy groups -OCH3 is 1. The van der Waals surface area contributed by atoms with Crippen LogP contribution in [0.3, 0.4) is 0 Å². The molecule has 0 saturated carbocycles. The van der Waals surface area contributed by atoms with Gasteiger partial charge in [-0.15, -0.1) is 0 Å². The molecule has 0 unspecified atom stereocenters. The van der Waals surface area contributed by atoms with Crippen molar-refractivity contribution in [2.75, 3.05) is 23.9 Å². The zero-order valence-electron chi connectivity index (χ0n) is 19.0. The van der Waals surface area contributed by atoms with E-state index in [1.165, 1.54) is 42.4 Å². The van der Waals surface area contributed by atoms with Crippen LogP contribution in [0.2, 0.25) is 0 Å². The van der Waals surface area contributed by atoms with Crippen molar-refractivity contribution in [3.8, 4) is 11.5 Å². The molecule has 1 fully saturated rings. The van der Waals surface area contributed by atoms with Crippen molar-refractivity contribution >= 4 is 52.5 Å². The molecule has 0 radical (unpaired) electrons. The van der Waals surface area contributed by atoms with Crippen molar-refractivity contribution in [2.24, 2.45) is 0 Å². The molecule has 0 aliphatic carbocycles. The summed E-state index contributed by atoms with van der Waals surface area (Å²) in [4.78, 5) is 39.0. The van der Waals surface area contributed by atoms with Gasteiger partial charge in [0.1, 0.15) is 11.4 Å². The fourth-order valence-corrected chi connectivity index (χ4v) is 3.70. The maximum absolute atomic E-state index is 13.7. The summed E-state index contributed by atoms with van der Waals surface area (Å²) in [5.41, 5.74) is 0.926. The highest BCUT2D eigenvalue weighted by Gasteiger charge is 2.34. The van der Waals surface area contributed by atoms with Crippen molar-refractivity contribution in [3.63, 3.8) is 0 Å². The van der Waals surface area contributed by atoms with Crippen LogP contribution in [-0.2, 0) is 14.4 Å². The number of hydrogen-bond donors (Lipinski definition) is 2. The summed E-state index contributed by atoms with van der Waals surface area (Å²) in [5.74, 6) is -1.80. The number of benzene rings is 3. The number of carbonyl (C=O) groups excluding carboxylic acids is 3. The second-order valence-electron chi connectivity index (χ2n) is 7.52. The summed E-state index contributed by atoms with van der Waals surface area (Å²) < 4.78 is 24.6. The number of hydrogen-bond acceptors (Lipinski definition) is 6. The number of para-hydroxylation sites is 2. The maximum atomic E-state index is 13.7. The normalized spacial score (nSPS) is 14.4. The molecule has 3 aromatic rings. The molecule has 1 aliphatic rings. The van der Waals surface area contributed by atoms with Gasteiger partial charge in [0.25, 0.3) is 17.7 Å². The summed E-state index contributed by atoms with van der Waals surface area (Å²) in [5, 5.41) is 4.94. The molecule has 1 saturated heterocycles. The predicted octanol–water partition coefficient (Wildman–Crippen LogP) is 3.68. The minimum absolute atomic E-state index is 0.0108. The van der Waals surface area contributed by atoms with Gasteiger partial charge < -0.3 is 14.8 Å². The first kappa shape index (κ1) is 24.6. The molecule has 0 spiro atoms. The molecular weight excluding hydrogens is 485 g/mol. The lowest BCUT2D eigenvalue weighted by molar-refractivity contribution is -0.122. The fourth-order valence-electron chi connectivity index (χ4n) is 3.42. The van der Waals surface area contributed by atoms with Crippen molar-refractivity contribution < 1.29 is 28.2 Å². The zero-order valence-corrected chi connectivity index (χ0v) is 19.8. The van der Waals surface area contributed by atoms with Gasteiger partial charge in [0.2, 0.25) is 0 Å². The molecule has 1 aliphatic heterocycles. The number of rotatable bonds is 7. The predicted molar refractivity (Wildman–Crippen MR) is 136 cm³/mol. The van der Waals surface area contributed by atoms with Gasteiger partial charge in [-0.05, 0) is 60.3 Å². The smallest absolute Gasteiger partial charge is 0.270 e. The minimum Gasteiger partial charge on any atom is -0.493 e. The quantitative estimate of drug-likeness (QED) is 0.289. The molecule has 0 atom stereocenters. The van der Waals surface area contributed by atoms with Gasteiger partial charge in [0.15, 0.2) is 23.2 Å². The van der Waals surface area contributed by atoms with Crippen LogP contribution >= 0.6 is 12.2 Å². The first-order valence-corrected chi connectivity index (χ1v) is 11.1. The number of ether oxygens (including phenoxy) is 2. The third-order valence-electron chi connectivity index (χ3n) is 5.12. The van der Waals surface area contributed by atoms with E-state index in [4.69, 9.17) is 21.7 Å². The Morgan fingerprint density at radius 3 is 2.50 bits per heavy atom. The number of nitrogens with zero attached hydrogens (tertiary/aromatic N) is 1. The van der Waals surface area contributed by atoms with Gasteiger partial charge in [-0.1, -0.05) is 36.4 Å². The average Bonchev–Trinajstić information content (AvgIpc) is 2.87. The number of halogens is 1. The molecule has 36 heavy (non-hydrogen) atoms. The molecular formula is C26H20FN3O5S. The average molecular weight is 506 g/mol. The molecule has 182 valence electrons. The lowest BCUT2D eigenvalue weighted by Gasteiger charge is -2.28. The molecule has 1 heterocycles. The highest BCUT2D eigenvalue weighted by atomic mass is 32.1. The van der Waals surface area contributed by atoms with Crippen LogP contribution in [-0.4, -0.2) is 36.6 Å². The van der Waals surface area contributed by atoms with Crippen molar-refractivity contribution in [1.29, 1.82) is 0 Å². The van der Waals surface area contributed by atoms with Gasteiger partial charge in [-0.3, -0.25) is 24.6 Å². The molecule has 10 heteroatoms. The molecule has 0 aromatic heterocycles. The minimum atomic E-state index is -0.624. The molecule has 3 amide bonds. The second-order valence-corrected chi connectivity index (χ2v) is 7.91. The Hall–Kier alpha value is -4.57. The summed E-state index contributed by atoms with van der Waals surface area (Å²) in [6.45, 7) is -0.393. The standard InChI is InChI=1S/C26H20FN3O5S/c1-34-22-14-16(11-12-21(22)35-15-23(31)28-20-10-6-5-9-19(20)27)13-18-24(32)29-26(36)30(25(18)33)17-7-3-2-4-8-17/h2-14H,15H2,1H3,(H,28,31)(H,29,32,36)/b18-13-. The van der Waals surface area contributed by atoms with Gasteiger partial charge >= 0.3 is 0 Å². The van der Waals surface area contributed by atoms with E-state index >= 15 is 0 Å². The Morgan fingerprint density at radius 2 is 1.78 bits per heavy atom. The molecule has 3 aromatic carbocycles. The van der Waals surface area contributed by atoms with Gasteiger partial charge in [0, 0.05) is 0 Å². The van der Waals surface area contributed by atoms with Crippen molar-refractivity contribution in [2.45, 2.75) is 0 Å². The monoisotopic (exact) mass is 505 g/mol. The van der Waals surface area contributed by atoms with Crippen LogP contribution in [0, 0.1) is 5.82 Å². The van der Waals surface area contributed by atoms with Crippen LogP contribution in [0.5, 0.6) is 11.5 Å². The van der Waals surface area contributed by atoms with Crippen molar-refractivity contribution in [1.82, 2.24) is 5.32 Å².